The first-order chi connectivity index (χ1) is 9.83. The standard InChI is InChI=1S/C16H12ClN3/c17-14-7-1-4-12(10-14)11-19-20-15-8-2-5-13-6-3-9-18-16(13)15/h1-11,20H/b19-11-. The van der Waals surface area contributed by atoms with Crippen molar-refractivity contribution in [1.29, 1.82) is 0 Å². The Hall–Kier alpha value is -2.39. The van der Waals surface area contributed by atoms with Gasteiger partial charge in [-0.3, -0.25) is 10.4 Å². The molecular formula is C16H12ClN3. The van der Waals surface area contributed by atoms with Crippen molar-refractivity contribution in [3.8, 4) is 0 Å². The summed E-state index contributed by atoms with van der Waals surface area (Å²) in [6, 6.07) is 17.4. The molecule has 0 radical (unpaired) electrons. The van der Waals surface area contributed by atoms with Gasteiger partial charge in [0.2, 0.25) is 0 Å². The molecule has 3 nitrogen and oxygen atoms in total. The first kappa shape index (κ1) is 12.6. The minimum Gasteiger partial charge on any atom is -0.276 e. The normalized spacial score (nSPS) is 11.1. The van der Waals surface area contributed by atoms with Gasteiger partial charge >= 0.3 is 0 Å². The number of hydrogen-bond donors (Lipinski definition) is 1. The van der Waals surface area contributed by atoms with Gasteiger partial charge in [0.1, 0.15) is 0 Å². The quantitative estimate of drug-likeness (QED) is 0.573. The van der Waals surface area contributed by atoms with Crippen molar-refractivity contribution in [2.45, 2.75) is 0 Å². The predicted octanol–water partition coefficient (Wildman–Crippen LogP) is 4.33. The van der Waals surface area contributed by atoms with E-state index >= 15 is 0 Å². The molecule has 0 bridgehead atoms. The van der Waals surface area contributed by atoms with Gasteiger partial charge in [-0.05, 0) is 29.8 Å². The van der Waals surface area contributed by atoms with Crippen LogP contribution in [-0.4, -0.2) is 11.2 Å². The summed E-state index contributed by atoms with van der Waals surface area (Å²) in [5.41, 5.74) is 5.74. The lowest BCUT2D eigenvalue weighted by molar-refractivity contribution is 1.33. The molecule has 0 saturated carbocycles. The number of anilines is 1. The Labute approximate surface area is 121 Å². The van der Waals surface area contributed by atoms with Gasteiger partial charge < -0.3 is 0 Å². The Bertz CT molecular complexity index is 763. The third-order valence-electron chi connectivity index (χ3n) is 2.88. The van der Waals surface area contributed by atoms with Gasteiger partial charge in [-0.15, -0.1) is 0 Å². The van der Waals surface area contributed by atoms with Crippen molar-refractivity contribution in [2.24, 2.45) is 5.10 Å². The zero-order chi connectivity index (χ0) is 13.8. The Kier molecular flexibility index (Phi) is 3.61. The molecule has 0 unspecified atom stereocenters. The van der Waals surface area contributed by atoms with E-state index in [4.69, 9.17) is 11.6 Å². The van der Waals surface area contributed by atoms with E-state index in [0.717, 1.165) is 22.2 Å². The van der Waals surface area contributed by atoms with E-state index in [1.54, 1.807) is 12.4 Å². The molecule has 4 heteroatoms. The predicted molar refractivity (Wildman–Crippen MR) is 84.4 cm³/mol. The van der Waals surface area contributed by atoms with E-state index in [1.165, 1.54) is 0 Å². The molecule has 3 aromatic rings. The van der Waals surface area contributed by atoms with Crippen molar-refractivity contribution in [3.05, 3.63) is 71.4 Å². The minimum atomic E-state index is 0.695. The molecule has 0 saturated heterocycles. The van der Waals surface area contributed by atoms with Crippen molar-refractivity contribution in [1.82, 2.24) is 4.98 Å². The number of hydrazone groups is 1. The number of para-hydroxylation sites is 1. The van der Waals surface area contributed by atoms with Crippen LogP contribution in [0.2, 0.25) is 5.02 Å². The van der Waals surface area contributed by atoms with Gasteiger partial charge in [-0.1, -0.05) is 41.9 Å². The molecule has 0 atom stereocenters. The lowest BCUT2D eigenvalue weighted by atomic mass is 10.2. The van der Waals surface area contributed by atoms with E-state index in [-0.39, 0.29) is 0 Å². The Balaban J connectivity index is 1.84. The highest BCUT2D eigenvalue weighted by atomic mass is 35.5. The highest BCUT2D eigenvalue weighted by Crippen LogP contribution is 2.20. The van der Waals surface area contributed by atoms with Crippen LogP contribution >= 0.6 is 11.6 Å². The Morgan fingerprint density at radius 2 is 1.90 bits per heavy atom. The van der Waals surface area contributed by atoms with Gasteiger partial charge in [-0.25, -0.2) is 0 Å². The third-order valence-corrected chi connectivity index (χ3v) is 3.12. The van der Waals surface area contributed by atoms with Crippen molar-refractivity contribution in [3.63, 3.8) is 0 Å². The van der Waals surface area contributed by atoms with Gasteiger partial charge in [0, 0.05) is 16.6 Å². The molecule has 2 aromatic carbocycles. The summed E-state index contributed by atoms with van der Waals surface area (Å²) in [5, 5.41) is 6.00. The summed E-state index contributed by atoms with van der Waals surface area (Å²) in [6.07, 6.45) is 3.50. The maximum absolute atomic E-state index is 5.93. The number of benzene rings is 2. The summed E-state index contributed by atoms with van der Waals surface area (Å²) < 4.78 is 0. The summed E-state index contributed by atoms with van der Waals surface area (Å²) in [5.74, 6) is 0. The van der Waals surface area contributed by atoms with E-state index in [1.807, 2.05) is 54.6 Å². The van der Waals surface area contributed by atoms with Crippen LogP contribution in [0.25, 0.3) is 10.9 Å². The molecule has 0 spiro atoms. The fourth-order valence-electron chi connectivity index (χ4n) is 1.96. The number of aromatic nitrogens is 1. The summed E-state index contributed by atoms with van der Waals surface area (Å²) >= 11 is 5.93. The van der Waals surface area contributed by atoms with Crippen LogP contribution in [0.15, 0.2) is 65.9 Å². The molecule has 1 heterocycles. The Morgan fingerprint density at radius 3 is 2.80 bits per heavy atom. The monoisotopic (exact) mass is 281 g/mol. The smallest absolute Gasteiger partial charge is 0.0951 e. The van der Waals surface area contributed by atoms with Crippen LogP contribution in [0.5, 0.6) is 0 Å². The molecule has 20 heavy (non-hydrogen) atoms. The highest BCUT2D eigenvalue weighted by Gasteiger charge is 1.99. The van der Waals surface area contributed by atoms with Crippen LogP contribution in [-0.2, 0) is 0 Å². The molecule has 0 aliphatic carbocycles. The molecule has 3 rings (SSSR count). The summed E-state index contributed by atoms with van der Waals surface area (Å²) in [6.45, 7) is 0. The number of fused-ring (bicyclic) bond motifs is 1. The zero-order valence-electron chi connectivity index (χ0n) is 10.6. The third kappa shape index (κ3) is 2.78. The number of nitrogens with zero attached hydrogens (tertiary/aromatic N) is 2. The lowest BCUT2D eigenvalue weighted by Crippen LogP contribution is -1.92. The molecular weight excluding hydrogens is 270 g/mol. The van der Waals surface area contributed by atoms with Crippen molar-refractivity contribution < 1.29 is 0 Å². The van der Waals surface area contributed by atoms with Gasteiger partial charge in [0.15, 0.2) is 0 Å². The first-order valence-corrected chi connectivity index (χ1v) is 6.59. The average molecular weight is 282 g/mol. The zero-order valence-corrected chi connectivity index (χ0v) is 11.4. The van der Waals surface area contributed by atoms with Crippen LogP contribution in [0.3, 0.4) is 0 Å². The topological polar surface area (TPSA) is 37.3 Å². The second-order valence-corrected chi connectivity index (χ2v) is 4.74. The average Bonchev–Trinajstić information content (AvgIpc) is 2.48. The molecule has 0 aliphatic heterocycles. The Morgan fingerprint density at radius 1 is 1.05 bits per heavy atom. The van der Waals surface area contributed by atoms with Crippen LogP contribution < -0.4 is 5.43 Å². The molecule has 1 aromatic heterocycles. The molecule has 1 N–H and O–H groups in total. The van der Waals surface area contributed by atoms with E-state index in [0.29, 0.717) is 5.02 Å². The number of halogens is 1. The van der Waals surface area contributed by atoms with Gasteiger partial charge in [-0.2, -0.15) is 5.10 Å². The SMILES string of the molecule is Clc1cccc(/C=N\Nc2cccc3cccnc23)c1. The number of hydrogen-bond acceptors (Lipinski definition) is 3. The van der Waals surface area contributed by atoms with E-state index < -0.39 is 0 Å². The number of pyridine rings is 1. The van der Waals surface area contributed by atoms with Crippen LogP contribution in [0, 0.1) is 0 Å². The maximum atomic E-state index is 5.93. The molecule has 0 aliphatic rings. The summed E-state index contributed by atoms with van der Waals surface area (Å²) in [7, 11) is 0. The van der Waals surface area contributed by atoms with Crippen LogP contribution in [0.4, 0.5) is 5.69 Å². The molecule has 0 fully saturated rings. The lowest BCUT2D eigenvalue weighted by Gasteiger charge is -2.04. The van der Waals surface area contributed by atoms with Crippen molar-refractivity contribution >= 4 is 34.4 Å². The van der Waals surface area contributed by atoms with E-state index in [2.05, 4.69) is 15.5 Å². The number of rotatable bonds is 3. The van der Waals surface area contributed by atoms with E-state index in [9.17, 15) is 0 Å². The largest absolute Gasteiger partial charge is 0.276 e. The second kappa shape index (κ2) is 5.72. The molecule has 98 valence electrons. The maximum Gasteiger partial charge on any atom is 0.0951 e. The molecule has 0 amide bonds. The van der Waals surface area contributed by atoms with Gasteiger partial charge in [0.05, 0.1) is 17.4 Å². The first-order valence-electron chi connectivity index (χ1n) is 6.21. The highest BCUT2D eigenvalue weighted by molar-refractivity contribution is 6.30. The number of nitrogens with one attached hydrogen (secondary N) is 1. The van der Waals surface area contributed by atoms with Crippen LogP contribution in [0.1, 0.15) is 5.56 Å². The summed E-state index contributed by atoms with van der Waals surface area (Å²) in [4.78, 5) is 4.36. The fraction of sp³-hybridized carbons (Fsp3) is 0. The fourth-order valence-corrected chi connectivity index (χ4v) is 2.16. The van der Waals surface area contributed by atoms with Gasteiger partial charge in [0.25, 0.3) is 0 Å². The second-order valence-electron chi connectivity index (χ2n) is 4.31. The minimum absolute atomic E-state index is 0.695. The van der Waals surface area contributed by atoms with Crippen molar-refractivity contribution in [2.75, 3.05) is 5.43 Å².